The topological polar surface area (TPSA) is 55.8 Å². The molecule has 4 nitrogen and oxygen atoms in total. The lowest BCUT2D eigenvalue weighted by Gasteiger charge is -2.19. The molecule has 1 N–H and O–H groups in total. The van der Waals surface area contributed by atoms with Gasteiger partial charge in [-0.25, -0.2) is 0 Å². The number of carbonyl (C=O) groups excluding carboxylic acids is 1. The molecule has 0 bridgehead atoms. The van der Waals surface area contributed by atoms with Gasteiger partial charge in [-0.1, -0.05) is 55.0 Å². The number of hydrogen-bond acceptors (Lipinski definition) is 4. The molecule has 4 atom stereocenters. The second-order valence-corrected chi connectivity index (χ2v) is 8.54. The SMILES string of the molecule is C/C=C/C/C(C)=C\[C@H]1C/C=C/C=C/C[C@H](C)/C=C(\C)[C@@H](OC)CCC[C@@H](O)CC(=O)O1. The van der Waals surface area contributed by atoms with Gasteiger partial charge in [0.15, 0.2) is 0 Å². The molecule has 1 aliphatic heterocycles. The standard InChI is InChI=1S/C27H42O4/c1-6-7-13-22(3)19-25-16-11-9-8-10-14-21(2)18-23(4)26(30-5)17-12-15-24(28)20-27(29)31-25/h6-11,18-19,21,24-26,28H,12-17,20H2,1-5H3/b7-6+,10-8+,11-9+,22-19-,23-18+/t21-,24+,25+,26-/m0/s1. The van der Waals surface area contributed by atoms with E-state index in [2.05, 4.69) is 38.2 Å². The Morgan fingerprint density at radius 3 is 2.65 bits per heavy atom. The van der Waals surface area contributed by atoms with Crippen molar-refractivity contribution in [3.05, 3.63) is 59.8 Å². The molecule has 1 rings (SSSR count). The predicted octanol–water partition coefficient (Wildman–Crippen LogP) is 6.24. The van der Waals surface area contributed by atoms with Crippen LogP contribution in [0.5, 0.6) is 0 Å². The molecule has 174 valence electrons. The van der Waals surface area contributed by atoms with Gasteiger partial charge in [0.1, 0.15) is 6.10 Å². The Kier molecular flexibility index (Phi) is 13.8. The zero-order chi connectivity index (χ0) is 23.1. The number of allylic oxidation sites excluding steroid dienone is 7. The van der Waals surface area contributed by atoms with E-state index in [0.717, 1.165) is 31.3 Å². The molecule has 0 aromatic rings. The smallest absolute Gasteiger partial charge is 0.309 e. The van der Waals surface area contributed by atoms with Crippen LogP contribution in [0.25, 0.3) is 0 Å². The maximum atomic E-state index is 12.4. The molecule has 1 heterocycles. The maximum absolute atomic E-state index is 12.4. The van der Waals surface area contributed by atoms with Crippen LogP contribution in [0.4, 0.5) is 0 Å². The third kappa shape index (κ3) is 12.5. The summed E-state index contributed by atoms with van der Waals surface area (Å²) in [4.78, 5) is 12.4. The van der Waals surface area contributed by atoms with Crippen LogP contribution in [0.3, 0.4) is 0 Å². The molecule has 0 radical (unpaired) electrons. The first-order valence-electron chi connectivity index (χ1n) is 11.5. The van der Waals surface area contributed by atoms with Gasteiger partial charge in [0, 0.05) is 13.5 Å². The van der Waals surface area contributed by atoms with E-state index >= 15 is 0 Å². The van der Waals surface area contributed by atoms with Gasteiger partial charge in [0.05, 0.1) is 18.6 Å². The minimum atomic E-state index is -0.695. The summed E-state index contributed by atoms with van der Waals surface area (Å²) < 4.78 is 11.3. The van der Waals surface area contributed by atoms with E-state index in [-0.39, 0.29) is 24.6 Å². The maximum Gasteiger partial charge on any atom is 0.309 e. The van der Waals surface area contributed by atoms with Gasteiger partial charge in [0.25, 0.3) is 0 Å². The fourth-order valence-corrected chi connectivity index (χ4v) is 3.71. The van der Waals surface area contributed by atoms with Gasteiger partial charge in [0.2, 0.25) is 0 Å². The third-order valence-corrected chi connectivity index (χ3v) is 5.43. The predicted molar refractivity (Wildman–Crippen MR) is 129 cm³/mol. The number of methoxy groups -OCH3 is 1. The summed E-state index contributed by atoms with van der Waals surface area (Å²) in [7, 11) is 1.73. The fourth-order valence-electron chi connectivity index (χ4n) is 3.71. The van der Waals surface area contributed by atoms with Crippen molar-refractivity contribution >= 4 is 5.97 Å². The lowest BCUT2D eigenvalue weighted by Crippen LogP contribution is -2.21. The molecule has 0 fully saturated rings. The first kappa shape index (κ1) is 27.1. The van der Waals surface area contributed by atoms with Gasteiger partial charge < -0.3 is 14.6 Å². The van der Waals surface area contributed by atoms with Gasteiger partial charge in [-0.05, 0) is 70.4 Å². The molecule has 0 spiro atoms. The summed E-state index contributed by atoms with van der Waals surface area (Å²) in [6, 6.07) is 0. The van der Waals surface area contributed by atoms with E-state index in [1.165, 1.54) is 5.57 Å². The number of aliphatic hydroxyl groups excluding tert-OH is 1. The molecule has 0 saturated carbocycles. The lowest BCUT2D eigenvalue weighted by molar-refractivity contribution is -0.149. The largest absolute Gasteiger partial charge is 0.458 e. The van der Waals surface area contributed by atoms with E-state index in [1.54, 1.807) is 7.11 Å². The minimum absolute atomic E-state index is 0.0192. The van der Waals surface area contributed by atoms with Crippen LogP contribution in [0.15, 0.2) is 59.8 Å². The quantitative estimate of drug-likeness (QED) is 0.424. The molecule has 31 heavy (non-hydrogen) atoms. The van der Waals surface area contributed by atoms with E-state index in [1.807, 2.05) is 38.2 Å². The molecular weight excluding hydrogens is 388 g/mol. The highest BCUT2D eigenvalue weighted by Crippen LogP contribution is 2.19. The molecule has 0 aliphatic carbocycles. The Labute approximate surface area is 189 Å². The van der Waals surface area contributed by atoms with Crippen molar-refractivity contribution in [3.63, 3.8) is 0 Å². The van der Waals surface area contributed by atoms with Crippen LogP contribution < -0.4 is 0 Å². The number of carbonyl (C=O) groups is 1. The Balaban J connectivity index is 2.94. The normalized spacial score (nSPS) is 31.9. The molecule has 0 aromatic heterocycles. The van der Waals surface area contributed by atoms with Crippen LogP contribution in [0, 0.1) is 5.92 Å². The summed E-state index contributed by atoms with van der Waals surface area (Å²) in [6.07, 6.45) is 20.3. The zero-order valence-corrected chi connectivity index (χ0v) is 20.0. The van der Waals surface area contributed by atoms with E-state index in [4.69, 9.17) is 9.47 Å². The van der Waals surface area contributed by atoms with Crippen LogP contribution >= 0.6 is 0 Å². The second-order valence-electron chi connectivity index (χ2n) is 8.54. The molecule has 4 heteroatoms. The molecular formula is C27H42O4. The second kappa shape index (κ2) is 15.8. The number of hydrogen-bond donors (Lipinski definition) is 1. The number of ether oxygens (including phenoxy) is 2. The monoisotopic (exact) mass is 430 g/mol. The van der Waals surface area contributed by atoms with Crippen LogP contribution in [-0.2, 0) is 14.3 Å². The molecule has 0 aromatic carbocycles. The summed E-state index contributed by atoms with van der Waals surface area (Å²) >= 11 is 0. The Bertz CT molecular complexity index is 669. The third-order valence-electron chi connectivity index (χ3n) is 5.43. The molecule has 0 unspecified atom stereocenters. The number of rotatable bonds is 4. The van der Waals surface area contributed by atoms with E-state index in [0.29, 0.717) is 18.8 Å². The van der Waals surface area contributed by atoms with E-state index < -0.39 is 6.10 Å². The first-order chi connectivity index (χ1) is 14.8. The van der Waals surface area contributed by atoms with Crippen molar-refractivity contribution in [3.8, 4) is 0 Å². The number of esters is 1. The lowest BCUT2D eigenvalue weighted by atomic mass is 9.97. The Morgan fingerprint density at radius 1 is 1.26 bits per heavy atom. The first-order valence-corrected chi connectivity index (χ1v) is 11.5. The number of cyclic esters (lactones) is 1. The average molecular weight is 431 g/mol. The molecule has 1 aliphatic rings. The Morgan fingerprint density at radius 2 is 1.97 bits per heavy atom. The summed E-state index contributed by atoms with van der Waals surface area (Å²) in [6.45, 7) is 8.35. The molecule has 0 saturated heterocycles. The van der Waals surface area contributed by atoms with Crippen molar-refractivity contribution < 1.29 is 19.4 Å². The van der Waals surface area contributed by atoms with Crippen molar-refractivity contribution in [2.75, 3.05) is 7.11 Å². The fraction of sp³-hybridized carbons (Fsp3) is 0.593. The summed E-state index contributed by atoms with van der Waals surface area (Å²) in [5, 5.41) is 10.3. The Hall–Kier alpha value is -1.91. The van der Waals surface area contributed by atoms with Crippen molar-refractivity contribution in [1.29, 1.82) is 0 Å². The summed E-state index contributed by atoms with van der Waals surface area (Å²) in [5.41, 5.74) is 2.38. The minimum Gasteiger partial charge on any atom is -0.458 e. The number of aliphatic hydroxyl groups is 1. The van der Waals surface area contributed by atoms with Gasteiger partial charge in [-0.3, -0.25) is 4.79 Å². The highest BCUT2D eigenvalue weighted by atomic mass is 16.5. The average Bonchev–Trinajstić information content (AvgIpc) is 2.71. The van der Waals surface area contributed by atoms with Crippen molar-refractivity contribution in [2.24, 2.45) is 5.92 Å². The van der Waals surface area contributed by atoms with Crippen molar-refractivity contribution in [1.82, 2.24) is 0 Å². The van der Waals surface area contributed by atoms with Gasteiger partial charge in [-0.2, -0.15) is 0 Å². The van der Waals surface area contributed by atoms with Crippen molar-refractivity contribution in [2.45, 2.75) is 91.0 Å². The van der Waals surface area contributed by atoms with Crippen LogP contribution in [0.2, 0.25) is 0 Å². The van der Waals surface area contributed by atoms with Crippen LogP contribution in [-0.4, -0.2) is 36.5 Å². The van der Waals surface area contributed by atoms with E-state index in [9.17, 15) is 9.90 Å². The van der Waals surface area contributed by atoms with Gasteiger partial charge >= 0.3 is 5.97 Å². The highest BCUT2D eigenvalue weighted by molar-refractivity contribution is 5.70. The van der Waals surface area contributed by atoms with Crippen LogP contribution in [0.1, 0.15) is 72.6 Å². The summed E-state index contributed by atoms with van der Waals surface area (Å²) in [5.74, 6) is 0.0727. The molecule has 0 amide bonds. The van der Waals surface area contributed by atoms with Gasteiger partial charge in [-0.15, -0.1) is 0 Å². The zero-order valence-electron chi connectivity index (χ0n) is 20.0. The highest BCUT2D eigenvalue weighted by Gasteiger charge is 2.17.